The first-order chi connectivity index (χ1) is 14.1. The summed E-state index contributed by atoms with van der Waals surface area (Å²) < 4.78 is 5.56. The highest BCUT2D eigenvalue weighted by Crippen LogP contribution is 2.33. The summed E-state index contributed by atoms with van der Waals surface area (Å²) in [6.45, 7) is 1.94. The Kier molecular flexibility index (Phi) is 6.27. The number of carbonyl (C=O) groups excluding carboxylic acids is 2. The van der Waals surface area contributed by atoms with Crippen LogP contribution in [0.2, 0.25) is 5.02 Å². The van der Waals surface area contributed by atoms with Crippen molar-refractivity contribution in [2.45, 2.75) is 37.8 Å². The van der Waals surface area contributed by atoms with Gasteiger partial charge in [-0.1, -0.05) is 22.9 Å². The minimum Gasteiger partial charge on any atom is -0.376 e. The summed E-state index contributed by atoms with van der Waals surface area (Å²) in [7, 11) is 0. The number of ether oxygens (including phenoxy) is 1. The number of rotatable bonds is 5. The molecule has 2 atom stereocenters. The van der Waals surface area contributed by atoms with Crippen molar-refractivity contribution in [3.8, 4) is 0 Å². The molecule has 0 unspecified atom stereocenters. The van der Waals surface area contributed by atoms with E-state index in [9.17, 15) is 9.59 Å². The molecule has 8 nitrogen and oxygen atoms in total. The second-order valence-electron chi connectivity index (χ2n) is 7.08. The number of halogens is 1. The summed E-state index contributed by atoms with van der Waals surface area (Å²) in [4.78, 5) is 26.8. The molecule has 0 spiro atoms. The molecular weight excluding hydrogens is 414 g/mol. The standard InChI is InChI=1S/C19H22ClN5O3S/c20-12-5-7-13(8-6-12)22-16(26)18-24-23-17(29-18)15-4-1-9-25(15)19(27)21-11-14-3-2-10-28-14/h5-8,14-15H,1-4,9-11H2,(H,21,27)(H,22,26)/t14-,15+/m1/s1. The summed E-state index contributed by atoms with van der Waals surface area (Å²) in [5, 5.41) is 15.5. The van der Waals surface area contributed by atoms with Gasteiger partial charge in [-0.3, -0.25) is 4.79 Å². The van der Waals surface area contributed by atoms with Crippen LogP contribution in [-0.4, -0.2) is 52.8 Å². The SMILES string of the molecule is O=C(Nc1ccc(Cl)cc1)c1nnc([C@@H]2CCCN2C(=O)NC[C@H]2CCCO2)s1. The zero-order valence-electron chi connectivity index (χ0n) is 15.8. The number of amides is 3. The largest absolute Gasteiger partial charge is 0.376 e. The van der Waals surface area contributed by atoms with Crippen molar-refractivity contribution in [3.63, 3.8) is 0 Å². The van der Waals surface area contributed by atoms with E-state index in [0.29, 0.717) is 28.8 Å². The topological polar surface area (TPSA) is 96.5 Å². The molecule has 1 aromatic heterocycles. The molecule has 2 saturated heterocycles. The Morgan fingerprint density at radius 1 is 1.21 bits per heavy atom. The Labute approximate surface area is 177 Å². The first kappa shape index (κ1) is 20.1. The molecule has 0 radical (unpaired) electrons. The van der Waals surface area contributed by atoms with Crippen molar-refractivity contribution in [1.82, 2.24) is 20.4 Å². The van der Waals surface area contributed by atoms with Crippen molar-refractivity contribution < 1.29 is 14.3 Å². The van der Waals surface area contributed by atoms with Crippen molar-refractivity contribution in [1.29, 1.82) is 0 Å². The van der Waals surface area contributed by atoms with Crippen LogP contribution in [0.25, 0.3) is 0 Å². The van der Waals surface area contributed by atoms with Crippen molar-refractivity contribution in [2.75, 3.05) is 25.0 Å². The monoisotopic (exact) mass is 435 g/mol. The predicted octanol–water partition coefficient (Wildman–Crippen LogP) is 3.47. The zero-order valence-corrected chi connectivity index (χ0v) is 17.3. The van der Waals surface area contributed by atoms with Crippen LogP contribution in [0, 0.1) is 0 Å². The Hall–Kier alpha value is -2.23. The van der Waals surface area contributed by atoms with Gasteiger partial charge < -0.3 is 20.3 Å². The van der Waals surface area contributed by atoms with Gasteiger partial charge in [0.25, 0.3) is 5.91 Å². The summed E-state index contributed by atoms with van der Waals surface area (Å²) >= 11 is 7.08. The average Bonchev–Trinajstić information content (AvgIpc) is 3.48. The molecular formula is C19H22ClN5O3S. The molecule has 154 valence electrons. The number of urea groups is 1. The number of likely N-dealkylation sites (tertiary alicyclic amines) is 1. The summed E-state index contributed by atoms with van der Waals surface area (Å²) in [5.41, 5.74) is 0.632. The summed E-state index contributed by atoms with van der Waals surface area (Å²) in [6, 6.07) is 6.57. The van der Waals surface area contributed by atoms with E-state index < -0.39 is 0 Å². The van der Waals surface area contributed by atoms with Gasteiger partial charge in [0.05, 0.1) is 12.1 Å². The molecule has 3 heterocycles. The van der Waals surface area contributed by atoms with E-state index in [2.05, 4.69) is 20.8 Å². The normalized spacial score (nSPS) is 21.3. The Morgan fingerprint density at radius 3 is 2.79 bits per heavy atom. The van der Waals surface area contributed by atoms with Crippen LogP contribution in [0.5, 0.6) is 0 Å². The van der Waals surface area contributed by atoms with Crippen molar-refractivity contribution in [3.05, 3.63) is 39.3 Å². The van der Waals surface area contributed by atoms with Gasteiger partial charge in [-0.15, -0.1) is 10.2 Å². The number of benzene rings is 1. The van der Waals surface area contributed by atoms with Crippen LogP contribution in [0.15, 0.2) is 24.3 Å². The molecule has 2 aliphatic heterocycles. The molecule has 0 saturated carbocycles. The average molecular weight is 436 g/mol. The van der Waals surface area contributed by atoms with E-state index in [0.717, 1.165) is 32.3 Å². The van der Waals surface area contributed by atoms with Crippen LogP contribution in [-0.2, 0) is 4.74 Å². The maximum Gasteiger partial charge on any atom is 0.318 e. The molecule has 4 rings (SSSR count). The fraction of sp³-hybridized carbons (Fsp3) is 0.474. The molecule has 0 bridgehead atoms. The quantitative estimate of drug-likeness (QED) is 0.749. The van der Waals surface area contributed by atoms with Crippen molar-refractivity contribution in [2.24, 2.45) is 0 Å². The molecule has 2 fully saturated rings. The second-order valence-corrected chi connectivity index (χ2v) is 8.52. The van der Waals surface area contributed by atoms with Gasteiger partial charge >= 0.3 is 6.03 Å². The third-order valence-corrected chi connectivity index (χ3v) is 6.32. The van der Waals surface area contributed by atoms with E-state index in [1.165, 1.54) is 11.3 Å². The first-order valence-electron chi connectivity index (χ1n) is 9.66. The number of hydrogen-bond donors (Lipinski definition) is 2. The molecule has 10 heteroatoms. The minimum atomic E-state index is -0.330. The molecule has 29 heavy (non-hydrogen) atoms. The van der Waals surface area contributed by atoms with E-state index in [1.807, 2.05) is 0 Å². The van der Waals surface area contributed by atoms with Crippen LogP contribution < -0.4 is 10.6 Å². The number of aromatic nitrogens is 2. The lowest BCUT2D eigenvalue weighted by Gasteiger charge is -2.23. The van der Waals surface area contributed by atoms with E-state index in [-0.39, 0.29) is 29.1 Å². The first-order valence-corrected chi connectivity index (χ1v) is 10.9. The maximum atomic E-state index is 12.6. The fourth-order valence-electron chi connectivity index (χ4n) is 3.55. The number of carbonyl (C=O) groups is 2. The smallest absolute Gasteiger partial charge is 0.318 e. The Bertz CT molecular complexity index is 869. The van der Waals surface area contributed by atoms with Gasteiger partial charge in [0.2, 0.25) is 5.01 Å². The van der Waals surface area contributed by atoms with Crippen molar-refractivity contribution >= 4 is 40.6 Å². The second kappa shape index (κ2) is 9.06. The fourth-order valence-corrected chi connectivity index (χ4v) is 4.57. The molecule has 1 aromatic carbocycles. The number of hydrogen-bond acceptors (Lipinski definition) is 6. The molecule has 3 amide bonds. The van der Waals surface area contributed by atoms with E-state index in [4.69, 9.17) is 16.3 Å². The Morgan fingerprint density at radius 2 is 2.03 bits per heavy atom. The predicted molar refractivity (Wildman–Crippen MR) is 110 cm³/mol. The highest BCUT2D eigenvalue weighted by atomic mass is 35.5. The van der Waals surface area contributed by atoms with E-state index in [1.54, 1.807) is 29.2 Å². The molecule has 0 aliphatic carbocycles. The van der Waals surface area contributed by atoms with Gasteiger partial charge in [0, 0.05) is 30.4 Å². The minimum absolute atomic E-state index is 0.102. The van der Waals surface area contributed by atoms with Gasteiger partial charge in [0.15, 0.2) is 0 Å². The number of nitrogens with zero attached hydrogens (tertiary/aromatic N) is 3. The molecule has 2 aliphatic rings. The summed E-state index contributed by atoms with van der Waals surface area (Å²) in [5.74, 6) is -0.330. The Balaban J connectivity index is 1.37. The van der Waals surface area contributed by atoms with Crippen LogP contribution in [0.3, 0.4) is 0 Å². The third-order valence-electron chi connectivity index (χ3n) is 5.04. The van der Waals surface area contributed by atoms with Crippen LogP contribution in [0.4, 0.5) is 10.5 Å². The van der Waals surface area contributed by atoms with Gasteiger partial charge in [0.1, 0.15) is 5.01 Å². The lowest BCUT2D eigenvalue weighted by Crippen LogP contribution is -2.42. The lowest BCUT2D eigenvalue weighted by atomic mass is 10.2. The summed E-state index contributed by atoms with van der Waals surface area (Å²) in [6.07, 6.45) is 3.82. The van der Waals surface area contributed by atoms with Crippen LogP contribution in [0.1, 0.15) is 46.5 Å². The highest BCUT2D eigenvalue weighted by Gasteiger charge is 2.33. The molecule has 2 aromatic rings. The van der Waals surface area contributed by atoms with E-state index >= 15 is 0 Å². The highest BCUT2D eigenvalue weighted by molar-refractivity contribution is 7.13. The third kappa shape index (κ3) is 4.85. The maximum absolute atomic E-state index is 12.6. The molecule has 2 N–H and O–H groups in total. The zero-order chi connectivity index (χ0) is 20.2. The van der Waals surface area contributed by atoms with Gasteiger partial charge in [-0.05, 0) is 49.9 Å². The lowest BCUT2D eigenvalue weighted by molar-refractivity contribution is 0.102. The van der Waals surface area contributed by atoms with Crippen LogP contribution >= 0.6 is 22.9 Å². The number of anilines is 1. The van der Waals surface area contributed by atoms with Gasteiger partial charge in [-0.25, -0.2) is 4.79 Å². The van der Waals surface area contributed by atoms with Gasteiger partial charge in [-0.2, -0.15) is 0 Å². The number of nitrogens with one attached hydrogen (secondary N) is 2.